The van der Waals surface area contributed by atoms with E-state index in [1.807, 2.05) is 48.5 Å². The molecule has 2 aromatic rings. The zero-order valence-corrected chi connectivity index (χ0v) is 12.2. The molecule has 3 heteroatoms. The van der Waals surface area contributed by atoms with Crippen LogP contribution >= 0.6 is 0 Å². The molecule has 0 aliphatic heterocycles. The molecule has 0 bridgehead atoms. The molecule has 0 saturated heterocycles. The molecule has 0 spiro atoms. The number of unbranched alkanes of at least 4 members (excludes halogenated alkanes) is 2. The summed E-state index contributed by atoms with van der Waals surface area (Å²) >= 11 is 0. The molecule has 0 unspecified atom stereocenters. The molecule has 21 heavy (non-hydrogen) atoms. The second-order valence-corrected chi connectivity index (χ2v) is 5.02. The predicted molar refractivity (Wildman–Crippen MR) is 88.5 cm³/mol. The first-order valence-electron chi connectivity index (χ1n) is 7.48. The number of benzene rings is 2. The van der Waals surface area contributed by atoms with Gasteiger partial charge in [0.15, 0.2) is 0 Å². The number of anilines is 2. The zero-order valence-electron chi connectivity index (χ0n) is 12.2. The molecule has 0 fully saturated rings. The Morgan fingerprint density at radius 2 is 1.38 bits per heavy atom. The Labute approximate surface area is 126 Å². The number of amides is 1. The van der Waals surface area contributed by atoms with Crippen molar-refractivity contribution >= 4 is 17.3 Å². The summed E-state index contributed by atoms with van der Waals surface area (Å²) in [5.41, 5.74) is 2.02. The third-order valence-corrected chi connectivity index (χ3v) is 3.24. The maximum absolute atomic E-state index is 11.7. The molecule has 110 valence electrons. The van der Waals surface area contributed by atoms with Gasteiger partial charge in [0.05, 0.1) is 0 Å². The van der Waals surface area contributed by atoms with Gasteiger partial charge in [0.1, 0.15) is 0 Å². The first kappa shape index (κ1) is 15.1. The van der Waals surface area contributed by atoms with Crippen molar-refractivity contribution in [1.82, 2.24) is 0 Å². The lowest BCUT2D eigenvalue weighted by Gasteiger charge is -2.06. The van der Waals surface area contributed by atoms with Crippen LogP contribution in [0.2, 0.25) is 0 Å². The minimum atomic E-state index is 0.0946. The van der Waals surface area contributed by atoms with Gasteiger partial charge in [-0.15, -0.1) is 0 Å². The van der Waals surface area contributed by atoms with Crippen molar-refractivity contribution in [3.8, 4) is 0 Å². The molecule has 0 aliphatic rings. The van der Waals surface area contributed by atoms with Gasteiger partial charge in [-0.2, -0.15) is 0 Å². The number of hydrogen-bond acceptors (Lipinski definition) is 2. The number of nitrogens with one attached hydrogen (secondary N) is 2. The van der Waals surface area contributed by atoms with Gasteiger partial charge in [0, 0.05) is 24.3 Å². The van der Waals surface area contributed by atoms with Crippen LogP contribution in [0, 0.1) is 0 Å². The molecular weight excluding hydrogens is 260 g/mol. The first-order valence-corrected chi connectivity index (χ1v) is 7.48. The van der Waals surface area contributed by atoms with E-state index in [9.17, 15) is 4.79 Å². The average molecular weight is 282 g/mol. The highest BCUT2D eigenvalue weighted by Gasteiger charge is 2.01. The maximum Gasteiger partial charge on any atom is 0.224 e. The van der Waals surface area contributed by atoms with E-state index in [2.05, 4.69) is 22.8 Å². The topological polar surface area (TPSA) is 41.1 Å². The SMILES string of the molecule is O=C(CCCCCNc1ccccc1)Nc1ccccc1. The van der Waals surface area contributed by atoms with Gasteiger partial charge < -0.3 is 10.6 Å². The lowest BCUT2D eigenvalue weighted by Crippen LogP contribution is -2.11. The van der Waals surface area contributed by atoms with Crippen molar-refractivity contribution in [3.05, 3.63) is 60.7 Å². The summed E-state index contributed by atoms with van der Waals surface area (Å²) in [6, 6.07) is 19.8. The van der Waals surface area contributed by atoms with Crippen molar-refractivity contribution in [3.63, 3.8) is 0 Å². The molecule has 0 aromatic heterocycles. The van der Waals surface area contributed by atoms with Crippen LogP contribution < -0.4 is 10.6 Å². The van der Waals surface area contributed by atoms with Crippen LogP contribution in [0.15, 0.2) is 60.7 Å². The minimum absolute atomic E-state index is 0.0946. The van der Waals surface area contributed by atoms with Crippen LogP contribution in [0.5, 0.6) is 0 Å². The van der Waals surface area contributed by atoms with Crippen LogP contribution in [0.25, 0.3) is 0 Å². The fourth-order valence-corrected chi connectivity index (χ4v) is 2.12. The van der Waals surface area contributed by atoms with Gasteiger partial charge in [-0.25, -0.2) is 0 Å². The largest absolute Gasteiger partial charge is 0.385 e. The highest BCUT2D eigenvalue weighted by molar-refractivity contribution is 5.90. The predicted octanol–water partition coefficient (Wildman–Crippen LogP) is 4.30. The normalized spacial score (nSPS) is 10.1. The second-order valence-electron chi connectivity index (χ2n) is 5.02. The van der Waals surface area contributed by atoms with E-state index in [0.29, 0.717) is 6.42 Å². The third-order valence-electron chi connectivity index (χ3n) is 3.24. The molecule has 2 N–H and O–H groups in total. The molecule has 0 saturated carbocycles. The Kier molecular flexibility index (Phi) is 6.33. The molecular formula is C18H22N2O. The number of hydrogen-bond donors (Lipinski definition) is 2. The van der Waals surface area contributed by atoms with E-state index in [0.717, 1.165) is 37.2 Å². The smallest absolute Gasteiger partial charge is 0.224 e. The Balaban J connectivity index is 1.52. The summed E-state index contributed by atoms with van der Waals surface area (Å²) in [6.07, 6.45) is 3.64. The minimum Gasteiger partial charge on any atom is -0.385 e. The highest BCUT2D eigenvalue weighted by Crippen LogP contribution is 2.08. The number of rotatable bonds is 8. The molecule has 2 rings (SSSR count). The van der Waals surface area contributed by atoms with E-state index in [1.165, 1.54) is 0 Å². The van der Waals surface area contributed by atoms with Crippen LogP contribution in [0.1, 0.15) is 25.7 Å². The lowest BCUT2D eigenvalue weighted by atomic mass is 10.2. The molecule has 0 aliphatic carbocycles. The fourth-order valence-electron chi connectivity index (χ4n) is 2.12. The number of para-hydroxylation sites is 2. The Bertz CT molecular complexity index is 525. The van der Waals surface area contributed by atoms with E-state index < -0.39 is 0 Å². The third kappa shape index (κ3) is 6.13. The summed E-state index contributed by atoms with van der Waals surface area (Å²) in [7, 11) is 0. The maximum atomic E-state index is 11.7. The lowest BCUT2D eigenvalue weighted by molar-refractivity contribution is -0.116. The molecule has 3 nitrogen and oxygen atoms in total. The molecule has 0 heterocycles. The summed E-state index contributed by atoms with van der Waals surface area (Å²) in [5, 5.41) is 6.28. The van der Waals surface area contributed by atoms with E-state index >= 15 is 0 Å². The van der Waals surface area contributed by atoms with Crippen molar-refractivity contribution in [2.45, 2.75) is 25.7 Å². The van der Waals surface area contributed by atoms with Gasteiger partial charge in [-0.3, -0.25) is 4.79 Å². The molecule has 2 aromatic carbocycles. The fraction of sp³-hybridized carbons (Fsp3) is 0.278. The van der Waals surface area contributed by atoms with Crippen LogP contribution in [0.4, 0.5) is 11.4 Å². The standard InChI is InChI=1S/C18H22N2O/c21-18(20-17-12-6-2-7-13-17)14-8-3-9-15-19-16-10-4-1-5-11-16/h1-2,4-7,10-13,19H,3,8-9,14-15H2,(H,20,21). The Hall–Kier alpha value is -2.29. The van der Waals surface area contributed by atoms with Crippen LogP contribution in [-0.4, -0.2) is 12.5 Å². The van der Waals surface area contributed by atoms with Crippen molar-refractivity contribution in [2.75, 3.05) is 17.2 Å². The summed E-state index contributed by atoms with van der Waals surface area (Å²) < 4.78 is 0. The summed E-state index contributed by atoms with van der Waals surface area (Å²) in [4.78, 5) is 11.7. The zero-order chi connectivity index (χ0) is 14.8. The Morgan fingerprint density at radius 3 is 2.05 bits per heavy atom. The van der Waals surface area contributed by atoms with Crippen molar-refractivity contribution in [2.24, 2.45) is 0 Å². The van der Waals surface area contributed by atoms with E-state index in [-0.39, 0.29) is 5.91 Å². The second kappa shape index (κ2) is 8.80. The quantitative estimate of drug-likeness (QED) is 0.709. The monoisotopic (exact) mass is 282 g/mol. The van der Waals surface area contributed by atoms with Gasteiger partial charge >= 0.3 is 0 Å². The van der Waals surface area contributed by atoms with E-state index in [4.69, 9.17) is 0 Å². The first-order chi connectivity index (χ1) is 10.3. The molecule has 0 atom stereocenters. The number of carbonyl (C=O) groups excluding carboxylic acids is 1. The number of carbonyl (C=O) groups is 1. The summed E-state index contributed by atoms with van der Waals surface area (Å²) in [5.74, 6) is 0.0946. The van der Waals surface area contributed by atoms with E-state index in [1.54, 1.807) is 0 Å². The summed E-state index contributed by atoms with van der Waals surface area (Å²) in [6.45, 7) is 0.949. The van der Waals surface area contributed by atoms with Gasteiger partial charge in [0.2, 0.25) is 5.91 Å². The van der Waals surface area contributed by atoms with Gasteiger partial charge in [-0.05, 0) is 37.1 Å². The van der Waals surface area contributed by atoms with Crippen LogP contribution in [-0.2, 0) is 4.79 Å². The van der Waals surface area contributed by atoms with Gasteiger partial charge in [0.25, 0.3) is 0 Å². The highest BCUT2D eigenvalue weighted by atomic mass is 16.1. The van der Waals surface area contributed by atoms with Crippen molar-refractivity contribution in [1.29, 1.82) is 0 Å². The molecule has 1 amide bonds. The van der Waals surface area contributed by atoms with Gasteiger partial charge in [-0.1, -0.05) is 42.8 Å². The van der Waals surface area contributed by atoms with Crippen molar-refractivity contribution < 1.29 is 4.79 Å². The Morgan fingerprint density at radius 1 is 0.762 bits per heavy atom. The van der Waals surface area contributed by atoms with Crippen LogP contribution in [0.3, 0.4) is 0 Å². The molecule has 0 radical (unpaired) electrons. The average Bonchev–Trinajstić information content (AvgIpc) is 2.53.